The summed E-state index contributed by atoms with van der Waals surface area (Å²) in [5, 5.41) is 5.31. The summed E-state index contributed by atoms with van der Waals surface area (Å²) in [5.41, 5.74) is 3.68. The van der Waals surface area contributed by atoms with E-state index in [1.807, 2.05) is 12.1 Å². The Labute approximate surface area is 175 Å². The van der Waals surface area contributed by atoms with Gasteiger partial charge in [0, 0.05) is 17.5 Å². The van der Waals surface area contributed by atoms with Gasteiger partial charge in [0.25, 0.3) is 5.91 Å². The Bertz CT molecular complexity index is 1100. The quantitative estimate of drug-likeness (QED) is 0.588. The number of para-hydroxylation sites is 1. The first-order chi connectivity index (χ1) is 13.7. The number of amides is 1. The van der Waals surface area contributed by atoms with Crippen molar-refractivity contribution in [3.8, 4) is 10.6 Å². The summed E-state index contributed by atoms with van der Waals surface area (Å²) >= 11 is 1.41. The molecule has 0 aliphatic carbocycles. The molecule has 152 valence electrons. The van der Waals surface area contributed by atoms with E-state index < -0.39 is 10.0 Å². The lowest BCUT2D eigenvalue weighted by Gasteiger charge is -2.11. The number of thiazole rings is 1. The van der Waals surface area contributed by atoms with Gasteiger partial charge in [-0.2, -0.15) is 0 Å². The van der Waals surface area contributed by atoms with Crippen LogP contribution in [0.4, 0.5) is 5.69 Å². The minimum Gasteiger partial charge on any atom is -0.347 e. The van der Waals surface area contributed by atoms with Crippen molar-refractivity contribution < 1.29 is 13.2 Å². The molecule has 2 aromatic carbocycles. The van der Waals surface area contributed by atoms with Gasteiger partial charge < -0.3 is 5.32 Å². The number of hydrogen-bond acceptors (Lipinski definition) is 5. The van der Waals surface area contributed by atoms with Crippen LogP contribution >= 0.6 is 11.3 Å². The standard InChI is InChI=1S/C21H23N3O3S2/c1-14(2)15-8-10-16(11-9-15)21-23-19(13-28-21)20(25)22-12-17-6-4-5-7-18(17)24-29(3,26)27/h4-11,13-14,24H,12H2,1-3H3,(H,22,25). The SMILES string of the molecule is CC(C)c1ccc(-c2nc(C(=O)NCc3ccccc3NS(C)(=O)=O)cs2)cc1. The third-order valence-electron chi connectivity index (χ3n) is 4.31. The largest absolute Gasteiger partial charge is 0.347 e. The fraction of sp³-hybridized carbons (Fsp3) is 0.238. The summed E-state index contributed by atoms with van der Waals surface area (Å²) < 4.78 is 25.5. The first-order valence-corrected chi connectivity index (χ1v) is 11.9. The molecule has 29 heavy (non-hydrogen) atoms. The molecule has 1 amide bonds. The maximum absolute atomic E-state index is 12.5. The Balaban J connectivity index is 1.69. The molecule has 0 aliphatic rings. The molecular formula is C21H23N3O3S2. The summed E-state index contributed by atoms with van der Waals surface area (Å²) in [5.74, 6) is 0.155. The van der Waals surface area contributed by atoms with Gasteiger partial charge in [-0.15, -0.1) is 11.3 Å². The van der Waals surface area contributed by atoms with Crippen LogP contribution in [-0.2, 0) is 16.6 Å². The highest BCUT2D eigenvalue weighted by Crippen LogP contribution is 2.26. The van der Waals surface area contributed by atoms with Gasteiger partial charge in [-0.05, 0) is 23.1 Å². The zero-order valence-electron chi connectivity index (χ0n) is 16.5. The van der Waals surface area contributed by atoms with Gasteiger partial charge >= 0.3 is 0 Å². The predicted molar refractivity (Wildman–Crippen MR) is 118 cm³/mol. The van der Waals surface area contributed by atoms with Crippen LogP contribution in [0.2, 0.25) is 0 Å². The van der Waals surface area contributed by atoms with Gasteiger partial charge in [0.1, 0.15) is 10.7 Å². The van der Waals surface area contributed by atoms with E-state index in [-0.39, 0.29) is 12.5 Å². The number of nitrogens with zero attached hydrogens (tertiary/aromatic N) is 1. The lowest BCUT2D eigenvalue weighted by atomic mass is 10.0. The van der Waals surface area contributed by atoms with E-state index in [2.05, 4.69) is 41.0 Å². The number of anilines is 1. The number of aromatic nitrogens is 1. The van der Waals surface area contributed by atoms with Crippen molar-refractivity contribution in [3.63, 3.8) is 0 Å². The van der Waals surface area contributed by atoms with Gasteiger partial charge in [-0.3, -0.25) is 9.52 Å². The van der Waals surface area contributed by atoms with Gasteiger partial charge in [0.05, 0.1) is 11.9 Å². The molecule has 0 saturated carbocycles. The van der Waals surface area contributed by atoms with Crippen LogP contribution < -0.4 is 10.0 Å². The van der Waals surface area contributed by atoms with E-state index in [0.717, 1.165) is 16.8 Å². The third-order valence-corrected chi connectivity index (χ3v) is 5.80. The molecule has 6 nitrogen and oxygen atoms in total. The number of hydrogen-bond donors (Lipinski definition) is 2. The monoisotopic (exact) mass is 429 g/mol. The Hall–Kier alpha value is -2.71. The zero-order valence-corrected chi connectivity index (χ0v) is 18.1. The van der Waals surface area contributed by atoms with E-state index in [1.54, 1.807) is 29.6 Å². The predicted octanol–water partition coefficient (Wildman–Crippen LogP) is 4.24. The Morgan fingerprint density at radius 3 is 2.45 bits per heavy atom. The second-order valence-electron chi connectivity index (χ2n) is 7.03. The summed E-state index contributed by atoms with van der Waals surface area (Å²) in [6, 6.07) is 15.1. The van der Waals surface area contributed by atoms with Gasteiger partial charge in [0.2, 0.25) is 10.0 Å². The minimum absolute atomic E-state index is 0.188. The lowest BCUT2D eigenvalue weighted by Crippen LogP contribution is -2.24. The number of nitrogens with one attached hydrogen (secondary N) is 2. The van der Waals surface area contributed by atoms with Crippen molar-refractivity contribution in [1.29, 1.82) is 0 Å². The van der Waals surface area contributed by atoms with Crippen molar-refractivity contribution in [2.24, 2.45) is 0 Å². The normalized spacial score (nSPS) is 11.4. The molecule has 0 saturated heterocycles. The van der Waals surface area contributed by atoms with E-state index in [0.29, 0.717) is 22.9 Å². The smallest absolute Gasteiger partial charge is 0.271 e. The van der Waals surface area contributed by atoms with E-state index in [4.69, 9.17) is 0 Å². The summed E-state index contributed by atoms with van der Waals surface area (Å²) in [6.07, 6.45) is 1.09. The molecule has 3 rings (SSSR count). The number of benzene rings is 2. The van der Waals surface area contributed by atoms with E-state index >= 15 is 0 Å². The number of sulfonamides is 1. The van der Waals surface area contributed by atoms with Crippen LogP contribution in [0.3, 0.4) is 0 Å². The van der Waals surface area contributed by atoms with Crippen LogP contribution in [0.25, 0.3) is 10.6 Å². The molecule has 0 fully saturated rings. The Morgan fingerprint density at radius 2 is 1.79 bits per heavy atom. The molecule has 0 aliphatic heterocycles. The molecule has 0 radical (unpaired) electrons. The molecule has 0 bridgehead atoms. The highest BCUT2D eigenvalue weighted by Gasteiger charge is 2.13. The van der Waals surface area contributed by atoms with Crippen LogP contribution in [0, 0.1) is 0 Å². The van der Waals surface area contributed by atoms with Crippen molar-refractivity contribution in [2.45, 2.75) is 26.3 Å². The van der Waals surface area contributed by atoms with Crippen LogP contribution in [-0.4, -0.2) is 25.6 Å². The highest BCUT2D eigenvalue weighted by atomic mass is 32.2. The average Bonchev–Trinajstić information content (AvgIpc) is 3.16. The molecule has 0 atom stereocenters. The zero-order chi connectivity index (χ0) is 21.0. The van der Waals surface area contributed by atoms with Crippen molar-refractivity contribution in [2.75, 3.05) is 11.0 Å². The van der Waals surface area contributed by atoms with Crippen molar-refractivity contribution in [3.05, 3.63) is 70.7 Å². The van der Waals surface area contributed by atoms with E-state index in [1.165, 1.54) is 16.9 Å². The molecular weight excluding hydrogens is 406 g/mol. The summed E-state index contributed by atoms with van der Waals surface area (Å²) in [6.45, 7) is 4.47. The second kappa shape index (κ2) is 8.75. The summed E-state index contributed by atoms with van der Waals surface area (Å²) in [7, 11) is -3.40. The molecule has 2 N–H and O–H groups in total. The minimum atomic E-state index is -3.40. The van der Waals surface area contributed by atoms with Gasteiger partial charge in [-0.25, -0.2) is 13.4 Å². The third kappa shape index (κ3) is 5.65. The van der Waals surface area contributed by atoms with Gasteiger partial charge in [0.15, 0.2) is 0 Å². The van der Waals surface area contributed by atoms with E-state index in [9.17, 15) is 13.2 Å². The van der Waals surface area contributed by atoms with Gasteiger partial charge in [-0.1, -0.05) is 56.3 Å². The highest BCUT2D eigenvalue weighted by molar-refractivity contribution is 7.92. The van der Waals surface area contributed by atoms with Crippen molar-refractivity contribution >= 4 is 33.0 Å². The fourth-order valence-electron chi connectivity index (χ4n) is 2.76. The second-order valence-corrected chi connectivity index (χ2v) is 9.64. The first-order valence-electron chi connectivity index (χ1n) is 9.12. The molecule has 0 unspecified atom stereocenters. The van der Waals surface area contributed by atoms with Crippen LogP contribution in [0.1, 0.15) is 41.4 Å². The molecule has 1 heterocycles. The maximum Gasteiger partial charge on any atom is 0.271 e. The number of carbonyl (C=O) groups is 1. The topological polar surface area (TPSA) is 88.2 Å². The molecule has 8 heteroatoms. The lowest BCUT2D eigenvalue weighted by molar-refractivity contribution is 0.0947. The molecule has 0 spiro atoms. The van der Waals surface area contributed by atoms with Crippen LogP contribution in [0.5, 0.6) is 0 Å². The Morgan fingerprint density at radius 1 is 1.10 bits per heavy atom. The van der Waals surface area contributed by atoms with Crippen molar-refractivity contribution in [1.82, 2.24) is 10.3 Å². The first kappa shape index (κ1) is 21.0. The maximum atomic E-state index is 12.5. The fourth-order valence-corrected chi connectivity index (χ4v) is 4.17. The van der Waals surface area contributed by atoms with Crippen LogP contribution in [0.15, 0.2) is 53.9 Å². The molecule has 1 aromatic heterocycles. The number of carbonyl (C=O) groups excluding carboxylic acids is 1. The number of rotatable bonds is 7. The molecule has 3 aromatic rings. The average molecular weight is 430 g/mol. The summed E-state index contributed by atoms with van der Waals surface area (Å²) in [4.78, 5) is 16.9. The Kier molecular flexibility index (Phi) is 6.34.